The van der Waals surface area contributed by atoms with Crippen LogP contribution in [0.25, 0.3) is 0 Å². The summed E-state index contributed by atoms with van der Waals surface area (Å²) in [7, 11) is 0. The zero-order chi connectivity index (χ0) is 34.6. The van der Waals surface area contributed by atoms with Gasteiger partial charge in [0.2, 0.25) is 6.29 Å². The fraction of sp³-hybridized carbons (Fsp3) is 0.917. The zero-order valence-electron chi connectivity index (χ0n) is 28.6. The van der Waals surface area contributed by atoms with E-state index in [1.165, 1.54) is 0 Å². The Morgan fingerprint density at radius 2 is 1.53 bits per heavy atom. The van der Waals surface area contributed by atoms with E-state index < -0.39 is 83.8 Å². The highest BCUT2D eigenvalue weighted by Crippen LogP contribution is 2.77. The number of hydrogen-bond donors (Lipinski definition) is 8. The fourth-order valence-electron chi connectivity index (χ4n) is 13.2. The summed E-state index contributed by atoms with van der Waals surface area (Å²) in [5.41, 5.74) is -2.19. The minimum atomic E-state index is -1.68. The summed E-state index contributed by atoms with van der Waals surface area (Å²) in [4.78, 5) is 14.4. The second-order valence-electron chi connectivity index (χ2n) is 17.5. The van der Waals surface area contributed by atoms with Gasteiger partial charge in [-0.25, -0.2) is 0 Å². The molecule has 6 fully saturated rings. The highest BCUT2D eigenvalue weighted by Gasteiger charge is 2.74. The van der Waals surface area contributed by atoms with Crippen molar-refractivity contribution in [3.8, 4) is 0 Å². The molecule has 0 amide bonds. The molecule has 11 nitrogen and oxygen atoms in total. The molecule has 47 heavy (non-hydrogen) atoms. The van der Waals surface area contributed by atoms with Crippen molar-refractivity contribution in [1.82, 2.24) is 0 Å². The van der Waals surface area contributed by atoms with Crippen LogP contribution < -0.4 is 0 Å². The van der Waals surface area contributed by atoms with Crippen LogP contribution in [0.3, 0.4) is 0 Å². The summed E-state index contributed by atoms with van der Waals surface area (Å²) < 4.78 is 11.5. The molecule has 0 aromatic carbocycles. The van der Waals surface area contributed by atoms with Crippen molar-refractivity contribution in [3.05, 3.63) is 12.2 Å². The third-order valence-corrected chi connectivity index (χ3v) is 15.5. The minimum absolute atomic E-state index is 0.0447. The molecular formula is C36H58O11. The smallest absolute Gasteiger partial charge is 0.314 e. The van der Waals surface area contributed by atoms with E-state index in [4.69, 9.17) is 9.47 Å². The van der Waals surface area contributed by atoms with Crippen molar-refractivity contribution in [2.75, 3.05) is 13.2 Å². The quantitative estimate of drug-likeness (QED) is 0.155. The molecule has 6 aliphatic rings. The van der Waals surface area contributed by atoms with E-state index in [0.29, 0.717) is 32.1 Å². The number of hydrogen-bond acceptors (Lipinski definition) is 11. The summed E-state index contributed by atoms with van der Waals surface area (Å²) in [5, 5.41) is 85.8. The van der Waals surface area contributed by atoms with Gasteiger partial charge in [-0.15, -0.1) is 0 Å². The fourth-order valence-corrected chi connectivity index (χ4v) is 13.2. The molecule has 18 atom stereocenters. The average molecular weight is 667 g/mol. The topological polar surface area (TPSA) is 197 Å². The first-order chi connectivity index (χ1) is 21.9. The number of carbonyl (C=O) groups is 1. The molecule has 0 spiro atoms. The predicted molar refractivity (Wildman–Crippen MR) is 169 cm³/mol. The molecule has 8 N–H and O–H groups in total. The van der Waals surface area contributed by atoms with Gasteiger partial charge >= 0.3 is 5.97 Å². The van der Waals surface area contributed by atoms with E-state index in [1.54, 1.807) is 6.92 Å². The number of rotatable bonds is 5. The molecule has 0 aromatic heterocycles. The molecule has 0 radical (unpaired) electrons. The number of esters is 1. The summed E-state index contributed by atoms with van der Waals surface area (Å²) in [5.74, 6) is -0.830. The van der Waals surface area contributed by atoms with Crippen LogP contribution in [0.2, 0.25) is 0 Å². The van der Waals surface area contributed by atoms with Crippen LogP contribution in [0.4, 0.5) is 0 Å². The number of carbonyl (C=O) groups excluding carboxylic acids is 1. The summed E-state index contributed by atoms with van der Waals surface area (Å²) in [6.07, 6.45) is -5.65. The maximum absolute atomic E-state index is 14.4. The lowest BCUT2D eigenvalue weighted by Crippen LogP contribution is -2.72. The van der Waals surface area contributed by atoms with Gasteiger partial charge in [0.15, 0.2) is 0 Å². The Morgan fingerprint density at radius 3 is 2.15 bits per heavy atom. The van der Waals surface area contributed by atoms with Crippen molar-refractivity contribution in [2.24, 2.45) is 56.7 Å². The summed E-state index contributed by atoms with van der Waals surface area (Å²) >= 11 is 0. The Hall–Kier alpha value is -1.15. The van der Waals surface area contributed by atoms with E-state index in [1.807, 2.05) is 6.92 Å². The van der Waals surface area contributed by atoms with E-state index >= 15 is 0 Å². The normalized spacial score (nSPS) is 57.3. The van der Waals surface area contributed by atoms with Crippen molar-refractivity contribution < 1.29 is 55.1 Å². The molecule has 1 aliphatic heterocycles. The van der Waals surface area contributed by atoms with Crippen molar-refractivity contribution in [3.63, 3.8) is 0 Å². The molecular weight excluding hydrogens is 608 g/mol. The lowest BCUT2D eigenvalue weighted by Gasteiger charge is -2.73. The van der Waals surface area contributed by atoms with Gasteiger partial charge in [-0.3, -0.25) is 4.79 Å². The molecule has 0 aromatic rings. The van der Waals surface area contributed by atoms with Gasteiger partial charge in [-0.2, -0.15) is 0 Å². The Balaban J connectivity index is 1.36. The lowest BCUT2D eigenvalue weighted by molar-refractivity contribution is -0.304. The lowest BCUT2D eigenvalue weighted by atomic mass is 9.31. The SMILES string of the molecule is C=C(C)[C@@H]1CC[C@]2(C(=O)O[C@@H]3O[C@H](CO)[C@@H](O)[C@H](O)[C@H]3O)CC[C@]3(C)[C@H](CC[C@@H]4[C@@]5(C)C[C@@H](O)[C@H](O)[C@@](C)(CO)[C@@H]5[C@H](O)C[C@]43C)[C@H]12. The third-order valence-electron chi connectivity index (χ3n) is 15.5. The minimum Gasteiger partial charge on any atom is -0.432 e. The molecule has 5 aliphatic carbocycles. The monoisotopic (exact) mass is 666 g/mol. The molecule has 1 heterocycles. The number of aliphatic hydroxyl groups excluding tert-OH is 8. The van der Waals surface area contributed by atoms with E-state index in [2.05, 4.69) is 27.4 Å². The van der Waals surface area contributed by atoms with Gasteiger partial charge in [0.25, 0.3) is 0 Å². The maximum atomic E-state index is 14.4. The molecule has 5 saturated carbocycles. The van der Waals surface area contributed by atoms with Gasteiger partial charge in [-0.1, -0.05) is 39.8 Å². The first kappa shape index (κ1) is 35.7. The van der Waals surface area contributed by atoms with Crippen LogP contribution in [0.5, 0.6) is 0 Å². The van der Waals surface area contributed by atoms with Gasteiger partial charge in [0, 0.05) is 11.3 Å². The molecule has 1 saturated heterocycles. The Morgan fingerprint density at radius 1 is 0.851 bits per heavy atom. The second kappa shape index (κ2) is 11.7. The summed E-state index contributed by atoms with van der Waals surface area (Å²) in [6, 6.07) is 0. The Kier molecular flexibility index (Phi) is 8.88. The Labute approximate surface area is 278 Å². The highest BCUT2D eigenvalue weighted by molar-refractivity contribution is 5.78. The van der Waals surface area contributed by atoms with Crippen molar-refractivity contribution >= 4 is 5.97 Å². The summed E-state index contributed by atoms with van der Waals surface area (Å²) in [6.45, 7) is 13.9. The number of aliphatic hydroxyl groups is 8. The number of allylic oxidation sites excluding steroid dienone is 1. The molecule has 6 rings (SSSR count). The molecule has 268 valence electrons. The van der Waals surface area contributed by atoms with Gasteiger partial charge in [-0.05, 0) is 98.2 Å². The first-order valence-electron chi connectivity index (χ1n) is 17.7. The number of fused-ring (bicyclic) bond motifs is 7. The van der Waals surface area contributed by atoms with Crippen LogP contribution in [-0.2, 0) is 14.3 Å². The average Bonchev–Trinajstić information content (AvgIpc) is 3.41. The van der Waals surface area contributed by atoms with Crippen molar-refractivity contribution in [2.45, 2.75) is 135 Å². The van der Waals surface area contributed by atoms with Gasteiger partial charge < -0.3 is 50.3 Å². The van der Waals surface area contributed by atoms with Gasteiger partial charge in [0.05, 0.1) is 36.9 Å². The van der Waals surface area contributed by atoms with Crippen LogP contribution >= 0.6 is 0 Å². The second-order valence-corrected chi connectivity index (χ2v) is 17.5. The van der Waals surface area contributed by atoms with Crippen LogP contribution in [0.15, 0.2) is 12.2 Å². The zero-order valence-corrected chi connectivity index (χ0v) is 28.6. The van der Waals surface area contributed by atoms with E-state index in [0.717, 1.165) is 24.8 Å². The van der Waals surface area contributed by atoms with Crippen LogP contribution in [0, 0.1) is 56.7 Å². The first-order valence-corrected chi connectivity index (χ1v) is 17.7. The predicted octanol–water partition coefficient (Wildman–Crippen LogP) is 1.26. The third kappa shape index (κ3) is 4.67. The largest absolute Gasteiger partial charge is 0.432 e. The molecule has 0 bridgehead atoms. The van der Waals surface area contributed by atoms with Crippen molar-refractivity contribution in [1.29, 1.82) is 0 Å². The van der Waals surface area contributed by atoms with E-state index in [-0.39, 0.29) is 41.1 Å². The van der Waals surface area contributed by atoms with Gasteiger partial charge in [0.1, 0.15) is 24.4 Å². The Bertz CT molecular complexity index is 1240. The highest BCUT2D eigenvalue weighted by atomic mass is 16.7. The maximum Gasteiger partial charge on any atom is 0.314 e. The van der Waals surface area contributed by atoms with Crippen LogP contribution in [0.1, 0.15) is 86.0 Å². The number of ether oxygens (including phenoxy) is 2. The van der Waals surface area contributed by atoms with E-state index in [9.17, 15) is 45.6 Å². The molecule has 0 unspecified atom stereocenters. The molecule has 11 heteroatoms. The van der Waals surface area contributed by atoms with Crippen LogP contribution in [-0.4, -0.2) is 109 Å². The standard InChI is InChI=1S/C36H58O11/c1-17(2)18-9-10-36(31(45)47-30-27(43)26(42)25(41)22(15-37)46-30)12-11-34(5)19(24(18)36)7-8-23-32(3)13-21(40)29(44)33(4,16-38)28(32)20(39)14-35(23,34)6/h18-30,37-44H,1,7-16H2,2-6H3/t18-,19+,20+,21+,22+,23+,24-,25+,26-,27+,28+,29-,30-,32+,33-,34+,35+,36-/m0/s1.